The number of halogens is 2. The molecule has 0 aromatic heterocycles. The SMILES string of the molecule is COc1ccc(S(=O)(=O)N(C)Cc2ccccc2F)cc1Br. The maximum absolute atomic E-state index is 13.7. The predicted octanol–water partition coefficient (Wildman–Crippen LogP) is 3.42. The average molecular weight is 388 g/mol. The zero-order chi connectivity index (χ0) is 16.3. The first-order valence-corrected chi connectivity index (χ1v) is 8.63. The molecule has 0 spiro atoms. The second kappa shape index (κ2) is 6.76. The van der Waals surface area contributed by atoms with E-state index in [9.17, 15) is 12.8 Å². The number of benzene rings is 2. The summed E-state index contributed by atoms with van der Waals surface area (Å²) in [6.45, 7) is -0.0430. The van der Waals surface area contributed by atoms with Gasteiger partial charge < -0.3 is 4.74 Å². The highest BCUT2D eigenvalue weighted by Gasteiger charge is 2.22. The molecule has 0 unspecified atom stereocenters. The van der Waals surface area contributed by atoms with Crippen LogP contribution >= 0.6 is 15.9 Å². The van der Waals surface area contributed by atoms with E-state index in [0.717, 1.165) is 4.31 Å². The lowest BCUT2D eigenvalue weighted by atomic mass is 10.2. The summed E-state index contributed by atoms with van der Waals surface area (Å²) in [5.41, 5.74) is 0.321. The second-order valence-corrected chi connectivity index (χ2v) is 7.55. The minimum Gasteiger partial charge on any atom is -0.496 e. The van der Waals surface area contributed by atoms with E-state index < -0.39 is 15.8 Å². The third kappa shape index (κ3) is 3.48. The van der Waals surface area contributed by atoms with E-state index in [4.69, 9.17) is 4.74 Å². The van der Waals surface area contributed by atoms with Gasteiger partial charge in [-0.25, -0.2) is 12.8 Å². The van der Waals surface area contributed by atoms with Gasteiger partial charge in [0.25, 0.3) is 0 Å². The fourth-order valence-corrected chi connectivity index (χ4v) is 3.81. The highest BCUT2D eigenvalue weighted by molar-refractivity contribution is 9.10. The van der Waals surface area contributed by atoms with Gasteiger partial charge in [0.15, 0.2) is 0 Å². The Labute approximate surface area is 137 Å². The molecule has 0 amide bonds. The molecule has 0 fully saturated rings. The maximum atomic E-state index is 13.7. The molecular weight excluding hydrogens is 373 g/mol. The lowest BCUT2D eigenvalue weighted by molar-refractivity contribution is 0.411. The van der Waals surface area contributed by atoms with Crippen LogP contribution in [0.3, 0.4) is 0 Å². The molecule has 0 atom stereocenters. The number of sulfonamides is 1. The molecule has 4 nitrogen and oxygen atoms in total. The topological polar surface area (TPSA) is 46.6 Å². The van der Waals surface area contributed by atoms with E-state index in [1.807, 2.05) is 0 Å². The summed E-state index contributed by atoms with van der Waals surface area (Å²) in [7, 11) is -0.805. The summed E-state index contributed by atoms with van der Waals surface area (Å²) >= 11 is 3.26. The fraction of sp³-hybridized carbons (Fsp3) is 0.200. The molecule has 0 bridgehead atoms. The Balaban J connectivity index is 2.30. The van der Waals surface area contributed by atoms with Crippen LogP contribution in [0.2, 0.25) is 0 Å². The number of nitrogens with zero attached hydrogens (tertiary/aromatic N) is 1. The Morgan fingerprint density at radius 3 is 2.50 bits per heavy atom. The van der Waals surface area contributed by atoms with Gasteiger partial charge in [0.1, 0.15) is 11.6 Å². The van der Waals surface area contributed by atoms with Crippen LogP contribution < -0.4 is 4.74 Å². The van der Waals surface area contributed by atoms with E-state index in [1.165, 1.54) is 32.4 Å². The molecule has 0 heterocycles. The Hall–Kier alpha value is -1.44. The van der Waals surface area contributed by atoms with Crippen LogP contribution in [0, 0.1) is 5.82 Å². The van der Waals surface area contributed by atoms with Crippen LogP contribution in [0.4, 0.5) is 4.39 Å². The number of hydrogen-bond donors (Lipinski definition) is 0. The molecule has 118 valence electrons. The van der Waals surface area contributed by atoms with Crippen molar-refractivity contribution in [3.05, 3.63) is 58.3 Å². The molecule has 0 saturated heterocycles. The highest BCUT2D eigenvalue weighted by atomic mass is 79.9. The summed E-state index contributed by atoms with van der Waals surface area (Å²) in [5.74, 6) is 0.108. The molecular formula is C15H15BrFNO3S. The summed E-state index contributed by atoms with van der Waals surface area (Å²) < 4.78 is 45.5. The largest absolute Gasteiger partial charge is 0.496 e. The van der Waals surface area contributed by atoms with Crippen LogP contribution in [0.1, 0.15) is 5.56 Å². The Morgan fingerprint density at radius 1 is 1.23 bits per heavy atom. The first kappa shape index (κ1) is 16.9. The quantitative estimate of drug-likeness (QED) is 0.789. The minimum absolute atomic E-state index is 0.0430. The van der Waals surface area contributed by atoms with Gasteiger partial charge in [0.2, 0.25) is 10.0 Å². The molecule has 0 aliphatic rings. The van der Waals surface area contributed by atoms with Crippen molar-refractivity contribution in [2.45, 2.75) is 11.4 Å². The summed E-state index contributed by atoms with van der Waals surface area (Å²) in [6, 6.07) is 10.6. The van der Waals surface area contributed by atoms with Gasteiger partial charge in [-0.3, -0.25) is 0 Å². The summed E-state index contributed by atoms with van der Waals surface area (Å²) in [5, 5.41) is 0. The Morgan fingerprint density at radius 2 is 1.91 bits per heavy atom. The standard InChI is InChI=1S/C15H15BrFNO3S/c1-18(10-11-5-3-4-6-14(11)17)22(19,20)12-7-8-15(21-2)13(16)9-12/h3-9H,10H2,1-2H3. The first-order valence-electron chi connectivity index (χ1n) is 6.39. The fourth-order valence-electron chi connectivity index (χ4n) is 1.94. The lowest BCUT2D eigenvalue weighted by Crippen LogP contribution is -2.27. The molecule has 0 aliphatic carbocycles. The molecule has 0 N–H and O–H groups in total. The van der Waals surface area contributed by atoms with Crippen LogP contribution in [0.25, 0.3) is 0 Å². The van der Waals surface area contributed by atoms with Crippen LogP contribution in [0.15, 0.2) is 51.8 Å². The van der Waals surface area contributed by atoms with Crippen LogP contribution in [0.5, 0.6) is 5.75 Å². The van der Waals surface area contributed by atoms with Gasteiger partial charge in [0, 0.05) is 19.2 Å². The minimum atomic E-state index is -3.72. The van der Waals surface area contributed by atoms with Crippen molar-refractivity contribution in [2.24, 2.45) is 0 Å². The van der Waals surface area contributed by atoms with Crippen molar-refractivity contribution in [1.82, 2.24) is 4.31 Å². The van der Waals surface area contributed by atoms with Gasteiger partial charge in [-0.15, -0.1) is 0 Å². The van der Waals surface area contributed by atoms with Gasteiger partial charge in [-0.05, 0) is 40.2 Å². The average Bonchev–Trinajstić information content (AvgIpc) is 2.49. The van der Waals surface area contributed by atoms with Crippen molar-refractivity contribution in [3.8, 4) is 5.75 Å². The zero-order valence-corrected chi connectivity index (χ0v) is 14.5. The molecule has 0 saturated carbocycles. The molecule has 2 aromatic rings. The second-order valence-electron chi connectivity index (χ2n) is 4.65. The van der Waals surface area contributed by atoms with Crippen LogP contribution in [-0.4, -0.2) is 26.9 Å². The predicted molar refractivity (Wildman–Crippen MR) is 85.7 cm³/mol. The number of hydrogen-bond acceptors (Lipinski definition) is 3. The smallest absolute Gasteiger partial charge is 0.243 e. The Bertz CT molecular complexity index is 780. The summed E-state index contributed by atoms with van der Waals surface area (Å²) in [4.78, 5) is 0.110. The van der Waals surface area contributed by atoms with E-state index in [0.29, 0.717) is 15.8 Å². The van der Waals surface area contributed by atoms with E-state index >= 15 is 0 Å². The van der Waals surface area contributed by atoms with E-state index in [-0.39, 0.29) is 11.4 Å². The number of ether oxygens (including phenoxy) is 1. The third-order valence-corrected chi connectivity index (χ3v) is 5.60. The lowest BCUT2D eigenvalue weighted by Gasteiger charge is -2.18. The molecule has 22 heavy (non-hydrogen) atoms. The monoisotopic (exact) mass is 387 g/mol. The number of rotatable bonds is 5. The van der Waals surface area contributed by atoms with Crippen molar-refractivity contribution in [1.29, 1.82) is 0 Å². The molecule has 7 heteroatoms. The van der Waals surface area contributed by atoms with Crippen molar-refractivity contribution in [3.63, 3.8) is 0 Å². The zero-order valence-electron chi connectivity index (χ0n) is 12.1. The van der Waals surface area contributed by atoms with Crippen molar-refractivity contribution < 1.29 is 17.5 Å². The van der Waals surface area contributed by atoms with E-state index in [1.54, 1.807) is 24.3 Å². The number of methoxy groups -OCH3 is 1. The van der Waals surface area contributed by atoms with E-state index in [2.05, 4.69) is 15.9 Å². The van der Waals surface area contributed by atoms with Gasteiger partial charge in [0.05, 0.1) is 16.5 Å². The molecule has 0 aliphatic heterocycles. The van der Waals surface area contributed by atoms with Gasteiger partial charge in [-0.1, -0.05) is 18.2 Å². The van der Waals surface area contributed by atoms with Crippen LogP contribution in [-0.2, 0) is 16.6 Å². The normalized spacial score (nSPS) is 11.7. The van der Waals surface area contributed by atoms with Gasteiger partial charge >= 0.3 is 0 Å². The first-order chi connectivity index (χ1) is 10.4. The van der Waals surface area contributed by atoms with Gasteiger partial charge in [-0.2, -0.15) is 4.31 Å². The highest BCUT2D eigenvalue weighted by Crippen LogP contribution is 2.29. The molecule has 2 rings (SSSR count). The maximum Gasteiger partial charge on any atom is 0.243 e. The Kier molecular flexibility index (Phi) is 5.20. The molecule has 2 aromatic carbocycles. The van der Waals surface area contributed by atoms with Crippen molar-refractivity contribution in [2.75, 3.05) is 14.2 Å². The third-order valence-electron chi connectivity index (χ3n) is 3.18. The molecule has 0 radical (unpaired) electrons. The van der Waals surface area contributed by atoms with Crippen molar-refractivity contribution >= 4 is 26.0 Å². The summed E-state index contributed by atoms with van der Waals surface area (Å²) in [6.07, 6.45) is 0.